The highest BCUT2D eigenvalue weighted by molar-refractivity contribution is 7.89. The standard InChI is InChI=1S/C17H20N4O4S/c22-17(19-11-15-4-2-8-25-15)13-3-1-5-16(9-13)26(23,24)21-10-14-6-7-18-12-20-14/h1,3,5-7,9,12,15,21H,2,4,8,10-11H2,(H,19,22). The molecular formula is C17H20N4O4S. The molecule has 1 atom stereocenters. The van der Waals surface area contributed by atoms with Gasteiger partial charge in [0.25, 0.3) is 5.91 Å². The summed E-state index contributed by atoms with van der Waals surface area (Å²) < 4.78 is 32.8. The molecule has 2 heterocycles. The summed E-state index contributed by atoms with van der Waals surface area (Å²) in [6.07, 6.45) is 4.83. The number of carbonyl (C=O) groups is 1. The third-order valence-electron chi connectivity index (χ3n) is 4.01. The third kappa shape index (κ3) is 4.84. The summed E-state index contributed by atoms with van der Waals surface area (Å²) in [5.41, 5.74) is 0.835. The zero-order valence-electron chi connectivity index (χ0n) is 14.1. The van der Waals surface area contributed by atoms with Crippen LogP contribution in [0, 0.1) is 0 Å². The first kappa shape index (κ1) is 18.4. The number of hydrogen-bond acceptors (Lipinski definition) is 6. The van der Waals surface area contributed by atoms with Gasteiger partial charge >= 0.3 is 0 Å². The molecule has 3 rings (SSSR count). The fraction of sp³-hybridized carbons (Fsp3) is 0.353. The molecule has 138 valence electrons. The molecule has 0 spiro atoms. The van der Waals surface area contributed by atoms with E-state index in [0.29, 0.717) is 18.8 Å². The van der Waals surface area contributed by atoms with Crippen molar-refractivity contribution in [2.24, 2.45) is 0 Å². The summed E-state index contributed by atoms with van der Waals surface area (Å²) in [5.74, 6) is -0.326. The average Bonchev–Trinajstić information content (AvgIpc) is 3.19. The summed E-state index contributed by atoms with van der Waals surface area (Å²) in [6, 6.07) is 7.54. The van der Waals surface area contributed by atoms with Crippen LogP contribution in [0.5, 0.6) is 0 Å². The predicted molar refractivity (Wildman–Crippen MR) is 93.8 cm³/mol. The van der Waals surface area contributed by atoms with E-state index in [9.17, 15) is 13.2 Å². The predicted octanol–water partition coefficient (Wildman–Crippen LogP) is 0.864. The van der Waals surface area contributed by atoms with Gasteiger partial charge in [-0.1, -0.05) is 6.07 Å². The van der Waals surface area contributed by atoms with E-state index in [-0.39, 0.29) is 29.0 Å². The van der Waals surface area contributed by atoms with Gasteiger partial charge in [0.2, 0.25) is 10.0 Å². The molecule has 0 bridgehead atoms. The van der Waals surface area contributed by atoms with Crippen LogP contribution in [-0.4, -0.2) is 43.5 Å². The zero-order chi connectivity index (χ0) is 18.4. The number of sulfonamides is 1. The smallest absolute Gasteiger partial charge is 0.251 e. The van der Waals surface area contributed by atoms with E-state index in [1.165, 1.54) is 24.7 Å². The Balaban J connectivity index is 1.64. The molecule has 1 amide bonds. The van der Waals surface area contributed by atoms with E-state index < -0.39 is 10.0 Å². The number of aromatic nitrogens is 2. The van der Waals surface area contributed by atoms with Crippen LogP contribution >= 0.6 is 0 Å². The maximum absolute atomic E-state index is 12.4. The number of amides is 1. The second kappa shape index (κ2) is 8.35. The van der Waals surface area contributed by atoms with E-state index in [2.05, 4.69) is 20.0 Å². The Morgan fingerprint density at radius 2 is 2.19 bits per heavy atom. The fourth-order valence-electron chi connectivity index (χ4n) is 2.59. The second-order valence-electron chi connectivity index (χ2n) is 5.90. The SMILES string of the molecule is O=C(NCC1CCCO1)c1cccc(S(=O)(=O)NCc2ccncn2)c1. The fourth-order valence-corrected chi connectivity index (χ4v) is 3.64. The Morgan fingerprint density at radius 3 is 2.92 bits per heavy atom. The van der Waals surface area contributed by atoms with E-state index in [1.807, 2.05) is 0 Å². The normalized spacial score (nSPS) is 17.2. The molecular weight excluding hydrogens is 356 g/mol. The zero-order valence-corrected chi connectivity index (χ0v) is 14.9. The molecule has 1 aromatic carbocycles. The Hall–Kier alpha value is -2.36. The Labute approximate surface area is 152 Å². The summed E-state index contributed by atoms with van der Waals surface area (Å²) >= 11 is 0. The van der Waals surface area contributed by atoms with Gasteiger partial charge in [0.1, 0.15) is 6.33 Å². The van der Waals surface area contributed by atoms with Gasteiger partial charge in [-0.2, -0.15) is 0 Å². The molecule has 0 aliphatic carbocycles. The lowest BCUT2D eigenvalue weighted by Crippen LogP contribution is -2.32. The molecule has 26 heavy (non-hydrogen) atoms. The highest BCUT2D eigenvalue weighted by Gasteiger charge is 2.19. The monoisotopic (exact) mass is 376 g/mol. The lowest BCUT2D eigenvalue weighted by Gasteiger charge is -2.11. The molecule has 1 unspecified atom stereocenters. The highest BCUT2D eigenvalue weighted by Crippen LogP contribution is 2.13. The topological polar surface area (TPSA) is 110 Å². The largest absolute Gasteiger partial charge is 0.376 e. The van der Waals surface area contributed by atoms with E-state index in [4.69, 9.17) is 4.74 Å². The van der Waals surface area contributed by atoms with Gasteiger partial charge in [0, 0.05) is 24.9 Å². The number of benzene rings is 1. The second-order valence-corrected chi connectivity index (χ2v) is 7.67. The highest BCUT2D eigenvalue weighted by atomic mass is 32.2. The van der Waals surface area contributed by atoms with Crippen LogP contribution in [0.4, 0.5) is 0 Å². The van der Waals surface area contributed by atoms with Crippen molar-refractivity contribution >= 4 is 15.9 Å². The summed E-state index contributed by atoms with van der Waals surface area (Å²) in [6.45, 7) is 1.17. The third-order valence-corrected chi connectivity index (χ3v) is 5.41. The van der Waals surface area contributed by atoms with E-state index in [0.717, 1.165) is 12.8 Å². The molecule has 2 N–H and O–H groups in total. The van der Waals surface area contributed by atoms with Crippen molar-refractivity contribution in [3.05, 3.63) is 54.1 Å². The summed E-state index contributed by atoms with van der Waals surface area (Å²) in [5, 5.41) is 2.78. The summed E-state index contributed by atoms with van der Waals surface area (Å²) in [4.78, 5) is 20.0. The first-order valence-electron chi connectivity index (χ1n) is 8.29. The lowest BCUT2D eigenvalue weighted by molar-refractivity contribution is 0.0857. The Morgan fingerprint density at radius 1 is 1.31 bits per heavy atom. The van der Waals surface area contributed by atoms with Gasteiger partial charge in [-0.05, 0) is 37.1 Å². The molecule has 1 saturated heterocycles. The van der Waals surface area contributed by atoms with Crippen LogP contribution in [0.25, 0.3) is 0 Å². The minimum absolute atomic E-state index is 0.0244. The summed E-state index contributed by atoms with van der Waals surface area (Å²) in [7, 11) is -3.76. The van der Waals surface area contributed by atoms with Gasteiger partial charge in [0.15, 0.2) is 0 Å². The van der Waals surface area contributed by atoms with Crippen LogP contribution in [0.2, 0.25) is 0 Å². The number of nitrogens with one attached hydrogen (secondary N) is 2. The minimum atomic E-state index is -3.76. The Bertz CT molecular complexity index is 852. The van der Waals surface area contributed by atoms with Crippen molar-refractivity contribution in [3.8, 4) is 0 Å². The van der Waals surface area contributed by atoms with Crippen molar-refractivity contribution in [1.29, 1.82) is 0 Å². The van der Waals surface area contributed by atoms with E-state index >= 15 is 0 Å². The van der Waals surface area contributed by atoms with Crippen LogP contribution in [-0.2, 0) is 21.3 Å². The molecule has 9 heteroatoms. The first-order valence-corrected chi connectivity index (χ1v) is 9.77. The quantitative estimate of drug-likeness (QED) is 0.742. The number of carbonyl (C=O) groups excluding carboxylic acids is 1. The van der Waals surface area contributed by atoms with E-state index in [1.54, 1.807) is 18.2 Å². The van der Waals surface area contributed by atoms with Crippen molar-refractivity contribution in [2.75, 3.05) is 13.2 Å². The van der Waals surface area contributed by atoms with Crippen molar-refractivity contribution in [2.45, 2.75) is 30.4 Å². The van der Waals surface area contributed by atoms with Crippen molar-refractivity contribution in [1.82, 2.24) is 20.0 Å². The number of nitrogens with zero attached hydrogens (tertiary/aromatic N) is 2. The van der Waals surface area contributed by atoms with Crippen LogP contribution in [0.1, 0.15) is 28.9 Å². The van der Waals surface area contributed by atoms with Gasteiger partial charge in [-0.15, -0.1) is 0 Å². The molecule has 0 radical (unpaired) electrons. The van der Waals surface area contributed by atoms with Gasteiger partial charge in [-0.25, -0.2) is 23.1 Å². The van der Waals surface area contributed by atoms with Crippen molar-refractivity contribution in [3.63, 3.8) is 0 Å². The van der Waals surface area contributed by atoms with Gasteiger partial charge in [0.05, 0.1) is 23.2 Å². The molecule has 8 nitrogen and oxygen atoms in total. The van der Waals surface area contributed by atoms with Gasteiger partial charge < -0.3 is 10.1 Å². The van der Waals surface area contributed by atoms with Crippen LogP contribution in [0.15, 0.2) is 47.8 Å². The molecule has 0 saturated carbocycles. The first-order chi connectivity index (χ1) is 12.5. The maximum atomic E-state index is 12.4. The van der Waals surface area contributed by atoms with Crippen LogP contribution < -0.4 is 10.0 Å². The number of ether oxygens (including phenoxy) is 1. The molecule has 2 aromatic rings. The number of rotatable bonds is 7. The lowest BCUT2D eigenvalue weighted by atomic mass is 10.2. The molecule has 1 fully saturated rings. The van der Waals surface area contributed by atoms with Crippen molar-refractivity contribution < 1.29 is 17.9 Å². The molecule has 1 aliphatic rings. The van der Waals surface area contributed by atoms with Gasteiger partial charge in [-0.3, -0.25) is 4.79 Å². The van der Waals surface area contributed by atoms with Crippen LogP contribution in [0.3, 0.4) is 0 Å². The molecule has 1 aromatic heterocycles. The number of hydrogen-bond donors (Lipinski definition) is 2. The Kier molecular flexibility index (Phi) is 5.92. The average molecular weight is 376 g/mol. The maximum Gasteiger partial charge on any atom is 0.251 e. The molecule has 1 aliphatic heterocycles. The minimum Gasteiger partial charge on any atom is -0.376 e.